The molecule has 16 heavy (non-hydrogen) atoms. The van der Waals surface area contributed by atoms with E-state index in [1.165, 1.54) is 12.0 Å². The predicted molar refractivity (Wildman–Crippen MR) is 75.6 cm³/mol. The number of nitrogens with one attached hydrogen (secondary N) is 2. The Morgan fingerprint density at radius 3 is 2.50 bits per heavy atom. The molecule has 0 aliphatic rings. The molecule has 0 aromatic heterocycles. The molecule has 0 atom stereocenters. The third-order valence-electron chi connectivity index (χ3n) is 1.93. The molecule has 0 radical (unpaired) electrons. The molecule has 0 rings (SSSR count). The quantitative estimate of drug-likeness (QED) is 0.427. The lowest BCUT2D eigenvalue weighted by Gasteiger charge is -2.12. The highest BCUT2D eigenvalue weighted by atomic mass is 79.9. The number of aliphatic imine (C=N–C) groups is 1. The molecule has 0 unspecified atom stereocenters. The fourth-order valence-corrected chi connectivity index (χ4v) is 1.07. The van der Waals surface area contributed by atoms with Crippen LogP contribution in [0.3, 0.4) is 0 Å². The summed E-state index contributed by atoms with van der Waals surface area (Å²) in [4.78, 5) is 6.13. The van der Waals surface area contributed by atoms with Gasteiger partial charge in [0.1, 0.15) is 5.82 Å². The Balaban J connectivity index is 4.17. The molecule has 0 aliphatic heterocycles. The number of allylic oxidation sites excluding steroid dienone is 2. The lowest BCUT2D eigenvalue weighted by Crippen LogP contribution is -2.25. The first-order valence-corrected chi connectivity index (χ1v) is 6.49. The zero-order valence-corrected chi connectivity index (χ0v) is 12.2. The zero-order chi connectivity index (χ0) is 12.4. The van der Waals surface area contributed by atoms with Crippen molar-refractivity contribution in [2.75, 3.05) is 6.54 Å². The van der Waals surface area contributed by atoms with Gasteiger partial charge in [0.2, 0.25) is 0 Å². The average Bonchev–Trinajstić information content (AvgIpc) is 2.26. The second-order valence-electron chi connectivity index (χ2n) is 3.83. The van der Waals surface area contributed by atoms with E-state index in [2.05, 4.69) is 52.3 Å². The molecule has 2 N–H and O–H groups in total. The fraction of sp³-hybridized carbons (Fsp3) is 0.583. The maximum Gasteiger partial charge on any atom is 0.107 e. The van der Waals surface area contributed by atoms with E-state index in [0.29, 0.717) is 0 Å². The molecule has 92 valence electrons. The van der Waals surface area contributed by atoms with Crippen molar-refractivity contribution in [1.29, 1.82) is 0 Å². The van der Waals surface area contributed by atoms with Crippen molar-refractivity contribution in [3.63, 3.8) is 0 Å². The van der Waals surface area contributed by atoms with Gasteiger partial charge in [0.05, 0.1) is 6.34 Å². The van der Waals surface area contributed by atoms with Gasteiger partial charge in [-0.05, 0) is 32.8 Å². The van der Waals surface area contributed by atoms with Crippen LogP contribution in [0.15, 0.2) is 27.1 Å². The molecule has 0 amide bonds. The first kappa shape index (κ1) is 15.2. The summed E-state index contributed by atoms with van der Waals surface area (Å²) in [5.41, 5.74) is 2.24. The normalized spacial score (nSPS) is 11.7. The maximum absolute atomic E-state index is 4.27. The first-order valence-electron chi connectivity index (χ1n) is 5.58. The molecule has 0 saturated carbocycles. The van der Waals surface area contributed by atoms with Gasteiger partial charge in [-0.2, -0.15) is 0 Å². The topological polar surface area (TPSA) is 36.4 Å². The van der Waals surface area contributed by atoms with Gasteiger partial charge in [0.25, 0.3) is 0 Å². The molecule has 0 fully saturated rings. The van der Waals surface area contributed by atoms with Crippen molar-refractivity contribution in [2.45, 2.75) is 40.5 Å². The molecule has 0 spiro atoms. The fourth-order valence-electron chi connectivity index (χ4n) is 0.954. The van der Waals surface area contributed by atoms with Crippen molar-refractivity contribution in [1.82, 2.24) is 10.6 Å². The van der Waals surface area contributed by atoms with Gasteiger partial charge in [-0.25, -0.2) is 0 Å². The van der Waals surface area contributed by atoms with E-state index in [1.54, 1.807) is 6.34 Å². The van der Waals surface area contributed by atoms with Crippen LogP contribution in [0.4, 0.5) is 0 Å². The summed E-state index contributed by atoms with van der Waals surface area (Å²) in [5, 5.41) is 6.41. The Labute approximate surface area is 107 Å². The van der Waals surface area contributed by atoms with E-state index < -0.39 is 0 Å². The van der Waals surface area contributed by atoms with Gasteiger partial charge in [-0.1, -0.05) is 29.3 Å². The highest BCUT2D eigenvalue weighted by Gasteiger charge is 1.96. The summed E-state index contributed by atoms with van der Waals surface area (Å²) < 4.78 is 0. The summed E-state index contributed by atoms with van der Waals surface area (Å²) in [6.45, 7) is 9.14. The Bertz CT molecular complexity index is 276. The number of halogens is 1. The van der Waals surface area contributed by atoms with Crippen molar-refractivity contribution in [3.05, 3.63) is 22.1 Å². The standard InChI is InChI=1S/C12H22BrN3/c1-5-6-7-14-9-15-12(10(2)3)16-11(4)8-13/h8-9,16H,5-7H2,1-4H3,(H,14,15)/b11-8+. The molecule has 3 nitrogen and oxygen atoms in total. The molecule has 0 heterocycles. The van der Waals surface area contributed by atoms with E-state index in [4.69, 9.17) is 0 Å². The Morgan fingerprint density at radius 2 is 2.00 bits per heavy atom. The maximum atomic E-state index is 4.27. The summed E-state index contributed by atoms with van der Waals surface area (Å²) in [6.07, 6.45) is 4.07. The number of hydrogen-bond acceptors (Lipinski definition) is 2. The van der Waals surface area contributed by atoms with Crippen LogP contribution in [0.2, 0.25) is 0 Å². The van der Waals surface area contributed by atoms with E-state index in [0.717, 1.165) is 24.5 Å². The number of nitrogens with zero attached hydrogens (tertiary/aromatic N) is 1. The Kier molecular flexibility index (Phi) is 9.00. The third-order valence-corrected chi connectivity index (χ3v) is 2.61. The van der Waals surface area contributed by atoms with Crippen LogP contribution < -0.4 is 10.6 Å². The van der Waals surface area contributed by atoms with Crippen molar-refractivity contribution < 1.29 is 0 Å². The van der Waals surface area contributed by atoms with Crippen molar-refractivity contribution in [3.8, 4) is 0 Å². The molecule has 0 aromatic carbocycles. The van der Waals surface area contributed by atoms with Gasteiger partial charge in [-0.15, -0.1) is 0 Å². The van der Waals surface area contributed by atoms with E-state index >= 15 is 0 Å². The minimum Gasteiger partial charge on any atom is -0.345 e. The number of unbranched alkanes of at least 4 members (excludes halogenated alkanes) is 1. The smallest absolute Gasteiger partial charge is 0.107 e. The van der Waals surface area contributed by atoms with E-state index in [9.17, 15) is 0 Å². The van der Waals surface area contributed by atoms with Crippen molar-refractivity contribution >= 4 is 22.3 Å². The minimum absolute atomic E-state index is 0.882. The van der Waals surface area contributed by atoms with E-state index in [-0.39, 0.29) is 0 Å². The average molecular weight is 288 g/mol. The van der Waals surface area contributed by atoms with Crippen LogP contribution >= 0.6 is 15.9 Å². The van der Waals surface area contributed by atoms with Crippen LogP contribution in [0, 0.1) is 0 Å². The summed E-state index contributed by atoms with van der Waals surface area (Å²) in [5.74, 6) is 0.980. The van der Waals surface area contributed by atoms with Gasteiger partial charge in [0, 0.05) is 17.2 Å². The van der Waals surface area contributed by atoms with E-state index in [1.807, 2.05) is 11.9 Å². The second-order valence-corrected chi connectivity index (χ2v) is 4.28. The highest BCUT2D eigenvalue weighted by Crippen LogP contribution is 2.00. The second kappa shape index (κ2) is 9.46. The SMILES string of the molecule is CCCCN=CNC(N/C(C)=C/Br)=C(C)C. The molecule has 0 aromatic rings. The third kappa shape index (κ3) is 7.51. The van der Waals surface area contributed by atoms with Gasteiger partial charge < -0.3 is 10.6 Å². The Morgan fingerprint density at radius 1 is 1.31 bits per heavy atom. The molecule has 0 bridgehead atoms. The van der Waals surface area contributed by atoms with Crippen molar-refractivity contribution in [2.24, 2.45) is 4.99 Å². The van der Waals surface area contributed by atoms with Gasteiger partial charge in [0.15, 0.2) is 0 Å². The minimum atomic E-state index is 0.882. The molecular formula is C12H22BrN3. The molecule has 4 heteroatoms. The van der Waals surface area contributed by atoms with Gasteiger partial charge in [-0.3, -0.25) is 4.99 Å². The predicted octanol–water partition coefficient (Wildman–Crippen LogP) is 3.50. The number of rotatable bonds is 7. The van der Waals surface area contributed by atoms with Crippen LogP contribution in [-0.4, -0.2) is 12.9 Å². The monoisotopic (exact) mass is 287 g/mol. The molecule has 0 aliphatic carbocycles. The van der Waals surface area contributed by atoms with Crippen LogP contribution in [-0.2, 0) is 0 Å². The van der Waals surface area contributed by atoms with Crippen LogP contribution in [0.25, 0.3) is 0 Å². The lowest BCUT2D eigenvalue weighted by molar-refractivity contribution is 0.803. The zero-order valence-electron chi connectivity index (χ0n) is 10.6. The summed E-state index contributed by atoms with van der Waals surface area (Å²) in [6, 6.07) is 0. The highest BCUT2D eigenvalue weighted by molar-refractivity contribution is 9.11. The largest absolute Gasteiger partial charge is 0.345 e. The lowest BCUT2D eigenvalue weighted by atomic mass is 10.3. The molecular weight excluding hydrogens is 266 g/mol. The van der Waals surface area contributed by atoms with Crippen LogP contribution in [0.5, 0.6) is 0 Å². The van der Waals surface area contributed by atoms with Crippen LogP contribution in [0.1, 0.15) is 40.5 Å². The number of hydrogen-bond donors (Lipinski definition) is 2. The summed E-state index contributed by atoms with van der Waals surface area (Å²) in [7, 11) is 0. The molecule has 0 saturated heterocycles. The first-order chi connectivity index (χ1) is 7.61. The van der Waals surface area contributed by atoms with Gasteiger partial charge >= 0.3 is 0 Å². The Hall–Kier alpha value is -0.770. The summed E-state index contributed by atoms with van der Waals surface area (Å²) >= 11 is 3.29.